The highest BCUT2D eigenvalue weighted by molar-refractivity contribution is 5.20. The first-order chi connectivity index (χ1) is 8.22. The fourth-order valence-electron chi connectivity index (χ4n) is 2.90. The molecule has 1 aromatic rings. The topological polar surface area (TPSA) is 34.2 Å². The Labute approximate surface area is 101 Å². The van der Waals surface area contributed by atoms with E-state index in [0.717, 1.165) is 31.2 Å². The molecule has 94 valence electrons. The Kier molecular flexibility index (Phi) is 3.74. The van der Waals surface area contributed by atoms with E-state index in [4.69, 9.17) is 4.74 Å². The van der Waals surface area contributed by atoms with Gasteiger partial charge in [0.1, 0.15) is 5.82 Å². The number of halogens is 1. The van der Waals surface area contributed by atoms with Gasteiger partial charge in [0.2, 0.25) is 0 Å². The van der Waals surface area contributed by atoms with E-state index in [1.807, 2.05) is 7.05 Å². The molecule has 1 heterocycles. The first-order valence-corrected chi connectivity index (χ1v) is 6.05. The van der Waals surface area contributed by atoms with E-state index in [0.29, 0.717) is 0 Å². The second-order valence-corrected chi connectivity index (χ2v) is 4.63. The van der Waals surface area contributed by atoms with E-state index >= 15 is 0 Å². The average molecular weight is 238 g/mol. The molecule has 0 aromatic carbocycles. The van der Waals surface area contributed by atoms with Crippen LogP contribution in [0.3, 0.4) is 0 Å². The number of hydrogen-bond donors (Lipinski definition) is 1. The molecule has 1 atom stereocenters. The van der Waals surface area contributed by atoms with E-state index < -0.39 is 0 Å². The Morgan fingerprint density at radius 3 is 2.65 bits per heavy atom. The number of ether oxygens (including phenoxy) is 1. The zero-order valence-corrected chi connectivity index (χ0v) is 10.4. The van der Waals surface area contributed by atoms with Crippen LogP contribution in [-0.4, -0.2) is 24.7 Å². The third-order valence-corrected chi connectivity index (χ3v) is 3.73. The molecule has 1 N–H and O–H groups in total. The van der Waals surface area contributed by atoms with Crippen LogP contribution in [0.1, 0.15) is 37.3 Å². The van der Waals surface area contributed by atoms with Gasteiger partial charge < -0.3 is 10.1 Å². The Hall–Kier alpha value is -1.00. The number of hydrogen-bond acceptors (Lipinski definition) is 3. The predicted molar refractivity (Wildman–Crippen MR) is 64.2 cm³/mol. The van der Waals surface area contributed by atoms with Crippen molar-refractivity contribution in [3.05, 3.63) is 29.8 Å². The van der Waals surface area contributed by atoms with E-state index in [-0.39, 0.29) is 17.5 Å². The number of methoxy groups -OCH3 is 1. The molecular formula is C13H19FN2O. The minimum absolute atomic E-state index is 0.00167. The molecule has 1 saturated carbocycles. The molecule has 4 heteroatoms. The molecule has 1 fully saturated rings. The second-order valence-electron chi connectivity index (χ2n) is 4.63. The highest BCUT2D eigenvalue weighted by Crippen LogP contribution is 2.42. The van der Waals surface area contributed by atoms with Crippen molar-refractivity contribution in [1.82, 2.24) is 10.3 Å². The molecule has 0 aliphatic heterocycles. The van der Waals surface area contributed by atoms with Crippen molar-refractivity contribution in [2.75, 3.05) is 14.2 Å². The van der Waals surface area contributed by atoms with Gasteiger partial charge in [-0.3, -0.25) is 4.98 Å². The molecule has 0 spiro atoms. The number of pyridine rings is 1. The first kappa shape index (κ1) is 12.5. The Morgan fingerprint density at radius 2 is 2.12 bits per heavy atom. The molecule has 0 saturated heterocycles. The van der Waals surface area contributed by atoms with Crippen LogP contribution in [0.4, 0.5) is 4.39 Å². The molecule has 0 amide bonds. The van der Waals surface area contributed by atoms with Crippen molar-refractivity contribution in [1.29, 1.82) is 0 Å². The minimum atomic E-state index is -0.299. The van der Waals surface area contributed by atoms with Crippen LogP contribution in [-0.2, 0) is 4.74 Å². The quantitative estimate of drug-likeness (QED) is 0.874. The molecule has 1 aliphatic rings. The van der Waals surface area contributed by atoms with Gasteiger partial charge in [0.05, 0.1) is 17.8 Å². The summed E-state index contributed by atoms with van der Waals surface area (Å²) in [4.78, 5) is 3.92. The normalized spacial score (nSPS) is 20.4. The van der Waals surface area contributed by atoms with Crippen LogP contribution in [0.2, 0.25) is 0 Å². The Balaban J connectivity index is 2.32. The summed E-state index contributed by atoms with van der Waals surface area (Å²) in [5.74, 6) is -0.299. The van der Waals surface area contributed by atoms with Crippen molar-refractivity contribution in [3.8, 4) is 0 Å². The lowest BCUT2D eigenvalue weighted by molar-refractivity contribution is -0.0350. The smallest absolute Gasteiger partial charge is 0.141 e. The van der Waals surface area contributed by atoms with Crippen molar-refractivity contribution in [2.45, 2.75) is 37.3 Å². The standard InChI is InChI=1S/C13H19FN2O/c1-15-12(10-7-11(14)9-16-8-10)13(17-2)5-3-4-6-13/h7-9,12,15H,3-6H2,1-2H3. The van der Waals surface area contributed by atoms with Crippen LogP contribution in [0.5, 0.6) is 0 Å². The van der Waals surface area contributed by atoms with Gasteiger partial charge in [0.15, 0.2) is 0 Å². The summed E-state index contributed by atoms with van der Waals surface area (Å²) in [6.07, 6.45) is 7.27. The third kappa shape index (κ3) is 2.33. The molecule has 17 heavy (non-hydrogen) atoms. The van der Waals surface area contributed by atoms with Gasteiger partial charge in [-0.05, 0) is 31.5 Å². The van der Waals surface area contributed by atoms with Crippen molar-refractivity contribution < 1.29 is 9.13 Å². The summed E-state index contributed by atoms with van der Waals surface area (Å²) >= 11 is 0. The summed E-state index contributed by atoms with van der Waals surface area (Å²) in [6, 6.07) is 1.53. The molecule has 0 radical (unpaired) electrons. The third-order valence-electron chi connectivity index (χ3n) is 3.73. The summed E-state index contributed by atoms with van der Waals surface area (Å²) < 4.78 is 19.0. The fourth-order valence-corrected chi connectivity index (χ4v) is 2.90. The van der Waals surface area contributed by atoms with Gasteiger partial charge in [-0.1, -0.05) is 12.8 Å². The van der Waals surface area contributed by atoms with Gasteiger partial charge in [-0.2, -0.15) is 0 Å². The lowest BCUT2D eigenvalue weighted by atomic mass is 9.87. The van der Waals surface area contributed by atoms with Gasteiger partial charge in [-0.25, -0.2) is 4.39 Å². The molecule has 2 rings (SSSR count). The van der Waals surface area contributed by atoms with Crippen molar-refractivity contribution >= 4 is 0 Å². The molecule has 0 bridgehead atoms. The van der Waals surface area contributed by atoms with Crippen LogP contribution < -0.4 is 5.32 Å². The predicted octanol–water partition coefficient (Wildman–Crippen LogP) is 2.44. The van der Waals surface area contributed by atoms with Gasteiger partial charge in [0, 0.05) is 13.3 Å². The van der Waals surface area contributed by atoms with Crippen LogP contribution in [0, 0.1) is 5.82 Å². The highest BCUT2D eigenvalue weighted by atomic mass is 19.1. The van der Waals surface area contributed by atoms with E-state index in [1.165, 1.54) is 12.3 Å². The summed E-state index contributed by atoms with van der Waals surface area (Å²) in [5, 5.41) is 3.25. The monoisotopic (exact) mass is 238 g/mol. The van der Waals surface area contributed by atoms with Crippen molar-refractivity contribution in [2.24, 2.45) is 0 Å². The summed E-state index contributed by atoms with van der Waals surface area (Å²) in [7, 11) is 3.62. The second kappa shape index (κ2) is 5.10. The first-order valence-electron chi connectivity index (χ1n) is 6.05. The van der Waals surface area contributed by atoms with E-state index in [1.54, 1.807) is 13.3 Å². The van der Waals surface area contributed by atoms with Gasteiger partial charge in [-0.15, -0.1) is 0 Å². The maximum absolute atomic E-state index is 13.2. The lowest BCUT2D eigenvalue weighted by Gasteiger charge is -2.36. The maximum atomic E-state index is 13.2. The Bertz CT molecular complexity index is 377. The summed E-state index contributed by atoms with van der Waals surface area (Å²) in [5.41, 5.74) is 0.640. The summed E-state index contributed by atoms with van der Waals surface area (Å²) in [6.45, 7) is 0. The number of nitrogens with one attached hydrogen (secondary N) is 1. The van der Waals surface area contributed by atoms with E-state index in [2.05, 4.69) is 10.3 Å². The molecule has 1 aliphatic carbocycles. The van der Waals surface area contributed by atoms with Gasteiger partial charge in [0.25, 0.3) is 0 Å². The number of rotatable bonds is 4. The highest BCUT2D eigenvalue weighted by Gasteiger charge is 2.41. The van der Waals surface area contributed by atoms with Gasteiger partial charge >= 0.3 is 0 Å². The Morgan fingerprint density at radius 1 is 1.41 bits per heavy atom. The fraction of sp³-hybridized carbons (Fsp3) is 0.615. The van der Waals surface area contributed by atoms with Crippen LogP contribution in [0.25, 0.3) is 0 Å². The average Bonchev–Trinajstić information content (AvgIpc) is 2.80. The van der Waals surface area contributed by atoms with Crippen LogP contribution in [0.15, 0.2) is 18.5 Å². The lowest BCUT2D eigenvalue weighted by Crippen LogP contribution is -2.42. The van der Waals surface area contributed by atoms with Crippen LogP contribution >= 0.6 is 0 Å². The van der Waals surface area contributed by atoms with E-state index in [9.17, 15) is 4.39 Å². The zero-order chi connectivity index (χ0) is 12.3. The SMILES string of the molecule is CNC(c1cncc(F)c1)C1(OC)CCCC1. The molecule has 1 unspecified atom stereocenters. The molecular weight excluding hydrogens is 219 g/mol. The molecule has 1 aromatic heterocycles. The maximum Gasteiger partial charge on any atom is 0.141 e. The van der Waals surface area contributed by atoms with Crippen molar-refractivity contribution in [3.63, 3.8) is 0 Å². The largest absolute Gasteiger partial charge is 0.376 e. The minimum Gasteiger partial charge on any atom is -0.376 e. The number of likely N-dealkylation sites (N-methyl/N-ethyl adjacent to an activating group) is 1. The number of nitrogens with zero attached hydrogens (tertiary/aromatic N) is 1. The zero-order valence-electron chi connectivity index (χ0n) is 10.4. The molecule has 3 nitrogen and oxygen atoms in total. The number of aromatic nitrogens is 1.